The van der Waals surface area contributed by atoms with E-state index >= 15 is 0 Å². The maximum Gasteiger partial charge on any atom is 0.296 e. The van der Waals surface area contributed by atoms with Gasteiger partial charge in [0, 0.05) is 41.0 Å². The zero-order chi connectivity index (χ0) is 40.6. The summed E-state index contributed by atoms with van der Waals surface area (Å²) in [5.41, 5.74) is 0.103. The van der Waals surface area contributed by atoms with Crippen molar-refractivity contribution in [3.05, 3.63) is 91.0 Å². The molecule has 0 aromatic heterocycles. The molecule has 0 aliphatic carbocycles. The van der Waals surface area contributed by atoms with E-state index in [0.717, 1.165) is 18.2 Å². The van der Waals surface area contributed by atoms with Gasteiger partial charge in [0.25, 0.3) is 20.2 Å². The molecule has 6 aromatic carbocycles. The largest absolute Gasteiger partial charge is 0.506 e. The normalized spacial score (nSPS) is 13.1. The molecule has 0 aliphatic heterocycles. The molecule has 6 aromatic rings. The van der Waals surface area contributed by atoms with E-state index in [9.17, 15) is 49.8 Å². The standard InChI is InChI=1S/C34H29N7O12S3/c1-35-19-6-8-23-18(12-19)13-32(56(50,51)52)33(34(23)43)41-39-28-17-31(53-2)29(16-30(28)42)40-38-27-11-10-26(24-9-7-22(15-25(24)27)55(47,48)49)37-36-20-4-3-5-21(14-20)54(44,45)46/h3-17,35,42-43,47-49H,1-2H3,(H,44,45,46)(H,50,51,52). The third-order valence-electron chi connectivity index (χ3n) is 8.06. The topological polar surface area (TPSA) is 305 Å². The van der Waals surface area contributed by atoms with Gasteiger partial charge in [-0.25, -0.2) is 0 Å². The maximum atomic E-state index is 12.3. The summed E-state index contributed by atoms with van der Waals surface area (Å²) < 4.78 is 102. The van der Waals surface area contributed by atoms with E-state index in [4.69, 9.17) is 4.74 Å². The monoisotopic (exact) mass is 823 g/mol. The summed E-state index contributed by atoms with van der Waals surface area (Å²) in [6.45, 7) is 0. The van der Waals surface area contributed by atoms with Gasteiger partial charge in [0.1, 0.15) is 44.3 Å². The molecule has 0 saturated carbocycles. The van der Waals surface area contributed by atoms with Gasteiger partial charge in [-0.05, 0) is 72.1 Å². The van der Waals surface area contributed by atoms with Gasteiger partial charge in [-0.3, -0.25) is 9.11 Å². The average molecular weight is 824 g/mol. The van der Waals surface area contributed by atoms with Gasteiger partial charge in [0.05, 0.1) is 34.0 Å². The number of phenols is 2. The fraction of sp³-hybridized carbons (Fsp3) is 0.0588. The Morgan fingerprint density at radius 2 is 1.25 bits per heavy atom. The van der Waals surface area contributed by atoms with E-state index in [2.05, 4.69) is 36.0 Å². The minimum atomic E-state index is -4.92. The van der Waals surface area contributed by atoms with E-state index in [-0.39, 0.29) is 55.2 Å². The number of hydrogen-bond acceptors (Lipinski definition) is 17. The molecule has 0 atom stereocenters. The lowest BCUT2D eigenvalue weighted by molar-refractivity contribution is 0.376. The smallest absolute Gasteiger partial charge is 0.296 e. The summed E-state index contributed by atoms with van der Waals surface area (Å²) in [7, 11) is -10.7. The molecule has 0 aliphatic rings. The molecule has 6 rings (SSSR count). The van der Waals surface area contributed by atoms with E-state index in [0.29, 0.717) is 11.1 Å². The van der Waals surface area contributed by atoms with Gasteiger partial charge in [-0.1, -0.05) is 12.1 Å². The molecular formula is C34H29N7O12S3. The van der Waals surface area contributed by atoms with Crippen molar-refractivity contribution < 1.29 is 54.5 Å². The van der Waals surface area contributed by atoms with Crippen LogP contribution in [0.4, 0.5) is 39.8 Å². The fourth-order valence-electron chi connectivity index (χ4n) is 5.34. The van der Waals surface area contributed by atoms with Crippen molar-refractivity contribution in [3.8, 4) is 17.2 Å². The number of fused-ring (bicyclic) bond motifs is 2. The first kappa shape index (κ1) is 39.6. The molecule has 19 nitrogen and oxygen atoms in total. The van der Waals surface area contributed by atoms with E-state index in [1.54, 1.807) is 19.2 Å². The summed E-state index contributed by atoms with van der Waals surface area (Å²) >= 11 is 0. The Bertz CT molecular complexity index is 2860. The zero-order valence-electron chi connectivity index (χ0n) is 28.7. The molecule has 8 N–H and O–H groups in total. The van der Waals surface area contributed by atoms with Gasteiger partial charge in [-0.2, -0.15) is 21.9 Å². The van der Waals surface area contributed by atoms with E-state index in [1.165, 1.54) is 67.8 Å². The molecule has 22 heteroatoms. The molecular weight excluding hydrogens is 795 g/mol. The van der Waals surface area contributed by atoms with Gasteiger partial charge in [-0.15, -0.1) is 25.6 Å². The summed E-state index contributed by atoms with van der Waals surface area (Å²) in [6, 6.07) is 19.9. The number of ether oxygens (including phenoxy) is 1. The second-order valence-electron chi connectivity index (χ2n) is 11.6. The van der Waals surface area contributed by atoms with E-state index < -0.39 is 58.1 Å². The molecule has 0 unspecified atom stereocenters. The van der Waals surface area contributed by atoms with Gasteiger partial charge in [0.15, 0.2) is 5.75 Å². The molecule has 0 amide bonds. The van der Waals surface area contributed by atoms with Crippen LogP contribution in [0, 0.1) is 0 Å². The number of nitrogens with one attached hydrogen (secondary N) is 1. The highest BCUT2D eigenvalue weighted by atomic mass is 32.3. The minimum absolute atomic E-state index is 0.00935. The first-order chi connectivity index (χ1) is 26.4. The van der Waals surface area contributed by atoms with Crippen molar-refractivity contribution in [2.24, 2.45) is 30.7 Å². The number of anilines is 1. The molecule has 0 fully saturated rings. The van der Waals surface area contributed by atoms with Gasteiger partial charge in [0.2, 0.25) is 0 Å². The van der Waals surface area contributed by atoms with Crippen LogP contribution in [0.1, 0.15) is 0 Å². The number of rotatable bonds is 11. The van der Waals surface area contributed by atoms with Crippen LogP contribution in [0.3, 0.4) is 0 Å². The Morgan fingerprint density at radius 1 is 0.589 bits per heavy atom. The highest BCUT2D eigenvalue weighted by Crippen LogP contribution is 2.48. The Labute approximate surface area is 319 Å². The SMILES string of the molecule is CNc1ccc2c(O)c(N=Nc3cc(OC)c(N=Nc4ccc(N=Nc5cccc(S(=O)(=O)O)c5)c5ccc(S(O)(O)O)cc45)cc3O)c(S(=O)(=O)O)cc2c1. The van der Waals surface area contributed by atoms with Crippen LogP contribution in [0.2, 0.25) is 0 Å². The van der Waals surface area contributed by atoms with Crippen LogP contribution in [-0.2, 0) is 20.2 Å². The minimum Gasteiger partial charge on any atom is -0.506 e. The molecule has 290 valence electrons. The molecule has 0 bridgehead atoms. The lowest BCUT2D eigenvalue weighted by Crippen LogP contribution is -1.99. The van der Waals surface area contributed by atoms with Crippen molar-refractivity contribution in [2.45, 2.75) is 14.7 Å². The van der Waals surface area contributed by atoms with Gasteiger partial charge >= 0.3 is 0 Å². The lowest BCUT2D eigenvalue weighted by atomic mass is 10.1. The molecule has 0 saturated heterocycles. The molecule has 0 spiro atoms. The predicted molar refractivity (Wildman–Crippen MR) is 206 cm³/mol. The Morgan fingerprint density at radius 3 is 1.91 bits per heavy atom. The van der Waals surface area contributed by atoms with Crippen LogP contribution in [0.15, 0.2) is 136 Å². The van der Waals surface area contributed by atoms with Crippen molar-refractivity contribution in [1.82, 2.24) is 0 Å². The highest BCUT2D eigenvalue weighted by molar-refractivity contribution is 8.19. The number of phenolic OH excluding ortho intramolecular Hbond substituents is 2. The number of nitrogens with zero attached hydrogens (tertiary/aromatic N) is 6. The number of azo groups is 3. The van der Waals surface area contributed by atoms with Crippen molar-refractivity contribution in [3.63, 3.8) is 0 Å². The van der Waals surface area contributed by atoms with Crippen molar-refractivity contribution in [2.75, 3.05) is 19.5 Å². The molecule has 0 heterocycles. The number of benzene rings is 6. The first-order valence-corrected chi connectivity index (χ1v) is 20.0. The second-order valence-corrected chi connectivity index (χ2v) is 16.0. The second kappa shape index (κ2) is 15.2. The maximum absolute atomic E-state index is 12.3. The van der Waals surface area contributed by atoms with Crippen LogP contribution in [0.25, 0.3) is 21.5 Å². The fourth-order valence-corrected chi connectivity index (χ4v) is 7.04. The zero-order valence-corrected chi connectivity index (χ0v) is 31.2. The first-order valence-electron chi connectivity index (χ1n) is 15.6. The highest BCUT2D eigenvalue weighted by Gasteiger charge is 2.23. The summed E-state index contributed by atoms with van der Waals surface area (Å²) in [4.78, 5) is -1.41. The Hall–Kier alpha value is -6.11. The Kier molecular flexibility index (Phi) is 10.7. The third kappa shape index (κ3) is 8.41. The van der Waals surface area contributed by atoms with Crippen LogP contribution >= 0.6 is 10.9 Å². The lowest BCUT2D eigenvalue weighted by Gasteiger charge is -2.19. The summed E-state index contributed by atoms with van der Waals surface area (Å²) in [6.07, 6.45) is 0. The third-order valence-corrected chi connectivity index (χ3v) is 10.7. The van der Waals surface area contributed by atoms with Gasteiger partial charge < -0.3 is 33.9 Å². The quantitative estimate of drug-likeness (QED) is 0.0446. The van der Waals surface area contributed by atoms with Crippen LogP contribution < -0.4 is 10.1 Å². The van der Waals surface area contributed by atoms with E-state index in [1.807, 2.05) is 0 Å². The Balaban J connectivity index is 1.38. The summed E-state index contributed by atoms with van der Waals surface area (Å²) in [5.74, 6) is -1.15. The van der Waals surface area contributed by atoms with Crippen molar-refractivity contribution in [1.29, 1.82) is 0 Å². The average Bonchev–Trinajstić information content (AvgIpc) is 3.15. The predicted octanol–water partition coefficient (Wildman–Crippen LogP) is 9.78. The number of aromatic hydroxyl groups is 2. The van der Waals surface area contributed by atoms with Crippen LogP contribution in [0.5, 0.6) is 17.2 Å². The van der Waals surface area contributed by atoms with Crippen molar-refractivity contribution >= 4 is 92.5 Å². The molecule has 0 radical (unpaired) electrons. The summed E-state index contributed by atoms with van der Waals surface area (Å²) in [5, 5.41) is 50.1. The van der Waals surface area contributed by atoms with Crippen LogP contribution in [-0.4, -0.2) is 64.0 Å². The number of hydrogen-bond donors (Lipinski definition) is 8. The number of methoxy groups -OCH3 is 1. The molecule has 56 heavy (non-hydrogen) atoms.